The summed E-state index contributed by atoms with van der Waals surface area (Å²) in [5.41, 5.74) is 3.55. The third kappa shape index (κ3) is 1.75. The largest absolute Gasteiger partial charge is 0.295 e. The van der Waals surface area contributed by atoms with E-state index in [1.54, 1.807) is 13.3 Å². The number of hydrogen-bond acceptors (Lipinski definition) is 3. The van der Waals surface area contributed by atoms with Gasteiger partial charge in [-0.25, -0.2) is 15.0 Å². The SMILES string of the molecule is Cc1cccc(-n2cnc3nc(C)nc(Cl)c32)c1. The number of aryl methyl sites for hydroxylation is 2. The minimum absolute atomic E-state index is 0.427. The molecule has 3 rings (SSSR count). The Kier molecular flexibility index (Phi) is 2.52. The van der Waals surface area contributed by atoms with Gasteiger partial charge in [0.05, 0.1) is 0 Å². The summed E-state index contributed by atoms with van der Waals surface area (Å²) < 4.78 is 1.91. The first-order valence-corrected chi connectivity index (χ1v) is 5.97. The first-order chi connectivity index (χ1) is 8.65. The summed E-state index contributed by atoms with van der Waals surface area (Å²) in [6.07, 6.45) is 1.72. The molecule has 5 heteroatoms. The van der Waals surface area contributed by atoms with Crippen molar-refractivity contribution in [3.63, 3.8) is 0 Å². The minimum atomic E-state index is 0.427. The van der Waals surface area contributed by atoms with Gasteiger partial charge in [0, 0.05) is 5.69 Å². The quantitative estimate of drug-likeness (QED) is 0.630. The molecule has 0 amide bonds. The predicted molar refractivity (Wildman–Crippen MR) is 71.1 cm³/mol. The van der Waals surface area contributed by atoms with Gasteiger partial charge in [-0.15, -0.1) is 0 Å². The molecule has 0 unspecified atom stereocenters. The smallest absolute Gasteiger partial charge is 0.182 e. The highest BCUT2D eigenvalue weighted by Crippen LogP contribution is 2.23. The Bertz CT molecular complexity index is 733. The van der Waals surface area contributed by atoms with Crippen molar-refractivity contribution in [3.8, 4) is 5.69 Å². The van der Waals surface area contributed by atoms with Gasteiger partial charge in [0.2, 0.25) is 0 Å². The Morgan fingerprint density at radius 2 is 2.00 bits per heavy atom. The van der Waals surface area contributed by atoms with E-state index in [9.17, 15) is 0 Å². The molecule has 90 valence electrons. The molecule has 0 atom stereocenters. The molecule has 1 aromatic carbocycles. The molecule has 2 heterocycles. The zero-order valence-electron chi connectivity index (χ0n) is 10.1. The Balaban J connectivity index is 2.31. The molecule has 0 aliphatic rings. The molecule has 2 aromatic heterocycles. The first kappa shape index (κ1) is 11.2. The van der Waals surface area contributed by atoms with Crippen molar-refractivity contribution in [3.05, 3.63) is 47.1 Å². The summed E-state index contributed by atoms with van der Waals surface area (Å²) in [6.45, 7) is 3.85. The number of halogens is 1. The molecular formula is C13H11ClN4. The highest BCUT2D eigenvalue weighted by atomic mass is 35.5. The molecule has 0 saturated heterocycles. The molecule has 0 aliphatic carbocycles. The second kappa shape index (κ2) is 4.07. The lowest BCUT2D eigenvalue weighted by Gasteiger charge is -2.05. The van der Waals surface area contributed by atoms with E-state index >= 15 is 0 Å². The van der Waals surface area contributed by atoms with Gasteiger partial charge >= 0.3 is 0 Å². The van der Waals surface area contributed by atoms with Gasteiger partial charge in [-0.05, 0) is 31.5 Å². The number of hydrogen-bond donors (Lipinski definition) is 0. The standard InChI is InChI=1S/C13H11ClN4/c1-8-4-3-5-10(6-8)18-7-15-13-11(18)12(14)16-9(2)17-13/h3-7H,1-2H3. The van der Waals surface area contributed by atoms with Crippen LogP contribution in [-0.2, 0) is 0 Å². The topological polar surface area (TPSA) is 43.6 Å². The summed E-state index contributed by atoms with van der Waals surface area (Å²) >= 11 is 6.19. The summed E-state index contributed by atoms with van der Waals surface area (Å²) in [5, 5.41) is 0.427. The van der Waals surface area contributed by atoms with Crippen LogP contribution < -0.4 is 0 Å². The fraction of sp³-hybridized carbons (Fsp3) is 0.154. The molecule has 0 saturated carbocycles. The zero-order valence-corrected chi connectivity index (χ0v) is 10.8. The van der Waals surface area contributed by atoms with E-state index in [0.29, 0.717) is 16.6 Å². The van der Waals surface area contributed by atoms with Crippen LogP contribution in [0.4, 0.5) is 0 Å². The van der Waals surface area contributed by atoms with Gasteiger partial charge in [0.15, 0.2) is 10.8 Å². The Hall–Kier alpha value is -1.94. The number of fused-ring (bicyclic) bond motifs is 1. The average molecular weight is 259 g/mol. The van der Waals surface area contributed by atoms with Crippen molar-refractivity contribution >= 4 is 22.8 Å². The van der Waals surface area contributed by atoms with Crippen molar-refractivity contribution in [2.75, 3.05) is 0 Å². The van der Waals surface area contributed by atoms with Crippen molar-refractivity contribution in [1.82, 2.24) is 19.5 Å². The molecule has 4 nitrogen and oxygen atoms in total. The lowest BCUT2D eigenvalue weighted by atomic mass is 10.2. The summed E-state index contributed by atoms with van der Waals surface area (Å²) in [4.78, 5) is 12.7. The maximum absolute atomic E-state index is 6.19. The van der Waals surface area contributed by atoms with Crippen LogP contribution >= 0.6 is 11.6 Å². The van der Waals surface area contributed by atoms with Gasteiger partial charge in [-0.3, -0.25) is 4.57 Å². The third-order valence-corrected chi connectivity index (χ3v) is 3.01. The second-order valence-electron chi connectivity index (χ2n) is 4.19. The average Bonchev–Trinajstić information content (AvgIpc) is 2.72. The van der Waals surface area contributed by atoms with E-state index < -0.39 is 0 Å². The van der Waals surface area contributed by atoms with Crippen LogP contribution in [0.3, 0.4) is 0 Å². The lowest BCUT2D eigenvalue weighted by Crippen LogP contribution is -1.96. The van der Waals surface area contributed by atoms with Gasteiger partial charge in [-0.2, -0.15) is 0 Å². The highest BCUT2D eigenvalue weighted by Gasteiger charge is 2.11. The molecule has 0 N–H and O–H groups in total. The first-order valence-electron chi connectivity index (χ1n) is 5.59. The number of aromatic nitrogens is 4. The normalized spacial score (nSPS) is 11.1. The van der Waals surface area contributed by atoms with E-state index in [2.05, 4.69) is 21.0 Å². The summed E-state index contributed by atoms with van der Waals surface area (Å²) in [7, 11) is 0. The highest BCUT2D eigenvalue weighted by molar-refractivity contribution is 6.33. The molecule has 0 bridgehead atoms. The fourth-order valence-electron chi connectivity index (χ4n) is 1.96. The number of imidazole rings is 1. The number of rotatable bonds is 1. The molecule has 0 fully saturated rings. The van der Waals surface area contributed by atoms with Gasteiger partial charge in [0.25, 0.3) is 0 Å². The van der Waals surface area contributed by atoms with Crippen LogP contribution in [0.2, 0.25) is 5.15 Å². The van der Waals surface area contributed by atoms with Crippen molar-refractivity contribution < 1.29 is 0 Å². The monoisotopic (exact) mass is 258 g/mol. The molecular weight excluding hydrogens is 248 g/mol. The lowest BCUT2D eigenvalue weighted by molar-refractivity contribution is 1.06. The maximum atomic E-state index is 6.19. The summed E-state index contributed by atoms with van der Waals surface area (Å²) in [5.74, 6) is 0.627. The number of benzene rings is 1. The molecule has 0 radical (unpaired) electrons. The van der Waals surface area contributed by atoms with Gasteiger partial charge in [-0.1, -0.05) is 23.7 Å². The van der Waals surface area contributed by atoms with Gasteiger partial charge < -0.3 is 0 Å². The van der Waals surface area contributed by atoms with Gasteiger partial charge in [0.1, 0.15) is 17.7 Å². The molecule has 18 heavy (non-hydrogen) atoms. The predicted octanol–water partition coefficient (Wildman–Crippen LogP) is 3.09. The number of nitrogens with zero attached hydrogens (tertiary/aromatic N) is 4. The van der Waals surface area contributed by atoms with E-state index in [0.717, 1.165) is 11.2 Å². The van der Waals surface area contributed by atoms with Crippen molar-refractivity contribution in [2.24, 2.45) is 0 Å². The Morgan fingerprint density at radius 3 is 2.78 bits per heavy atom. The Morgan fingerprint density at radius 1 is 1.17 bits per heavy atom. The molecule has 3 aromatic rings. The van der Waals surface area contributed by atoms with Crippen LogP contribution in [0, 0.1) is 13.8 Å². The molecule has 0 aliphatic heterocycles. The van der Waals surface area contributed by atoms with Crippen LogP contribution in [0.25, 0.3) is 16.9 Å². The Labute approximate surface area is 109 Å². The van der Waals surface area contributed by atoms with Crippen molar-refractivity contribution in [1.29, 1.82) is 0 Å². The van der Waals surface area contributed by atoms with Crippen LogP contribution in [-0.4, -0.2) is 19.5 Å². The van der Waals surface area contributed by atoms with E-state index in [-0.39, 0.29) is 0 Å². The molecule has 0 spiro atoms. The minimum Gasteiger partial charge on any atom is -0.295 e. The van der Waals surface area contributed by atoms with Crippen molar-refractivity contribution in [2.45, 2.75) is 13.8 Å². The summed E-state index contributed by atoms with van der Waals surface area (Å²) in [6, 6.07) is 8.12. The zero-order chi connectivity index (χ0) is 12.7. The third-order valence-electron chi connectivity index (χ3n) is 2.75. The van der Waals surface area contributed by atoms with Crippen LogP contribution in [0.15, 0.2) is 30.6 Å². The maximum Gasteiger partial charge on any atom is 0.182 e. The fourth-order valence-corrected chi connectivity index (χ4v) is 2.26. The second-order valence-corrected chi connectivity index (χ2v) is 4.55. The van der Waals surface area contributed by atoms with Crippen LogP contribution in [0.5, 0.6) is 0 Å². The van der Waals surface area contributed by atoms with E-state index in [1.165, 1.54) is 5.56 Å². The van der Waals surface area contributed by atoms with E-state index in [4.69, 9.17) is 11.6 Å². The van der Waals surface area contributed by atoms with Crippen LogP contribution in [0.1, 0.15) is 11.4 Å². The van der Waals surface area contributed by atoms with E-state index in [1.807, 2.05) is 29.7 Å².